The first-order valence-electron chi connectivity index (χ1n) is 7.72. The van der Waals surface area contributed by atoms with Crippen molar-refractivity contribution in [1.82, 2.24) is 19.9 Å². The first-order valence-corrected chi connectivity index (χ1v) is 7.72. The lowest BCUT2D eigenvalue weighted by molar-refractivity contribution is -0.173. The summed E-state index contributed by atoms with van der Waals surface area (Å²) in [6, 6.07) is 7.54. The second-order valence-electron chi connectivity index (χ2n) is 5.61. The molecule has 9 heteroatoms. The number of nitrogen functional groups attached to an aromatic ring is 1. The number of nitrogens with zero attached hydrogens (tertiary/aromatic N) is 3. The molecule has 6 nitrogen and oxygen atoms in total. The molecule has 0 aliphatic heterocycles. The van der Waals surface area contributed by atoms with Crippen LogP contribution >= 0.6 is 0 Å². The van der Waals surface area contributed by atoms with E-state index in [0.29, 0.717) is 30.7 Å². The van der Waals surface area contributed by atoms with Crippen LogP contribution in [0.4, 0.5) is 19.0 Å². The van der Waals surface area contributed by atoms with Crippen LogP contribution in [0.3, 0.4) is 0 Å². The predicted molar refractivity (Wildman–Crippen MR) is 87.7 cm³/mol. The zero-order chi connectivity index (χ0) is 18.0. The molecule has 0 aliphatic rings. The molecule has 0 saturated heterocycles. The molecule has 2 aromatic heterocycles. The van der Waals surface area contributed by atoms with Gasteiger partial charge in [-0.2, -0.15) is 13.2 Å². The van der Waals surface area contributed by atoms with Gasteiger partial charge in [-0.1, -0.05) is 18.2 Å². The van der Waals surface area contributed by atoms with Gasteiger partial charge in [-0.05, 0) is 18.9 Å². The van der Waals surface area contributed by atoms with Gasteiger partial charge in [0.15, 0.2) is 5.82 Å². The molecule has 3 N–H and O–H groups in total. The number of nitrogens with one attached hydrogen (secondary N) is 1. The summed E-state index contributed by atoms with van der Waals surface area (Å²) in [5, 5.41) is 2.77. The fourth-order valence-corrected chi connectivity index (χ4v) is 2.68. The van der Waals surface area contributed by atoms with E-state index in [1.54, 1.807) is 6.33 Å². The van der Waals surface area contributed by atoms with Crippen LogP contribution < -0.4 is 11.1 Å². The summed E-state index contributed by atoms with van der Waals surface area (Å²) >= 11 is 0. The van der Waals surface area contributed by atoms with Crippen molar-refractivity contribution < 1.29 is 18.0 Å². The van der Waals surface area contributed by atoms with Crippen molar-refractivity contribution in [2.75, 3.05) is 12.3 Å². The quantitative estimate of drug-likeness (QED) is 0.692. The molecule has 25 heavy (non-hydrogen) atoms. The molecule has 3 rings (SSSR count). The zero-order valence-corrected chi connectivity index (χ0v) is 13.2. The van der Waals surface area contributed by atoms with Crippen molar-refractivity contribution in [1.29, 1.82) is 0 Å². The van der Waals surface area contributed by atoms with Gasteiger partial charge >= 0.3 is 12.1 Å². The van der Waals surface area contributed by atoms with E-state index in [4.69, 9.17) is 5.73 Å². The molecular formula is C16H16F3N5O. The van der Waals surface area contributed by atoms with Crippen molar-refractivity contribution in [3.63, 3.8) is 0 Å². The molecule has 0 saturated carbocycles. The normalized spacial score (nSPS) is 12.0. The Morgan fingerprint density at radius 3 is 2.76 bits per heavy atom. The van der Waals surface area contributed by atoms with E-state index in [0.717, 1.165) is 16.4 Å². The van der Waals surface area contributed by atoms with Crippen LogP contribution in [-0.2, 0) is 11.3 Å². The minimum Gasteiger partial charge on any atom is -0.382 e. The Morgan fingerprint density at radius 1 is 1.24 bits per heavy atom. The molecule has 132 valence electrons. The third kappa shape index (κ3) is 3.49. The van der Waals surface area contributed by atoms with Crippen LogP contribution in [0.25, 0.3) is 21.9 Å². The Morgan fingerprint density at radius 2 is 2.00 bits per heavy atom. The van der Waals surface area contributed by atoms with Crippen molar-refractivity contribution in [3.05, 3.63) is 30.6 Å². The second kappa shape index (κ2) is 6.58. The number of aromatic nitrogens is 3. The van der Waals surface area contributed by atoms with Gasteiger partial charge in [0, 0.05) is 18.5 Å². The third-order valence-corrected chi connectivity index (χ3v) is 3.85. The highest BCUT2D eigenvalue weighted by Gasteiger charge is 2.38. The maximum Gasteiger partial charge on any atom is 0.471 e. The number of amides is 1. The first-order chi connectivity index (χ1) is 11.9. The number of imidazole rings is 1. The maximum atomic E-state index is 12.1. The molecule has 3 aromatic rings. The Labute approximate surface area is 140 Å². The van der Waals surface area contributed by atoms with Gasteiger partial charge in [0.1, 0.15) is 5.52 Å². The van der Waals surface area contributed by atoms with E-state index < -0.39 is 12.1 Å². The SMILES string of the molecule is Nc1nc2ccccc2c2c1ncn2CCCCNC(=O)C(F)(F)F. The fraction of sp³-hybridized carbons (Fsp3) is 0.312. The van der Waals surface area contributed by atoms with Crippen molar-refractivity contribution in [3.8, 4) is 0 Å². The lowest BCUT2D eigenvalue weighted by Crippen LogP contribution is -2.37. The number of rotatable bonds is 5. The van der Waals surface area contributed by atoms with Crippen molar-refractivity contribution in [2.45, 2.75) is 25.6 Å². The van der Waals surface area contributed by atoms with Gasteiger partial charge in [-0.15, -0.1) is 0 Å². The average Bonchev–Trinajstić information content (AvgIpc) is 2.98. The number of hydrogen-bond donors (Lipinski definition) is 2. The summed E-state index contributed by atoms with van der Waals surface area (Å²) in [6.07, 6.45) is -2.20. The van der Waals surface area contributed by atoms with Crippen molar-refractivity contribution >= 4 is 33.7 Å². The smallest absolute Gasteiger partial charge is 0.382 e. The van der Waals surface area contributed by atoms with E-state index in [1.165, 1.54) is 0 Å². The fourth-order valence-electron chi connectivity index (χ4n) is 2.68. The van der Waals surface area contributed by atoms with Crippen LogP contribution in [0.1, 0.15) is 12.8 Å². The topological polar surface area (TPSA) is 85.8 Å². The molecule has 0 aliphatic carbocycles. The van der Waals surface area contributed by atoms with Gasteiger partial charge in [-0.25, -0.2) is 9.97 Å². The number of unbranched alkanes of at least 4 members (excludes halogenated alkanes) is 1. The molecule has 0 unspecified atom stereocenters. The molecular weight excluding hydrogens is 335 g/mol. The number of anilines is 1. The number of halogens is 3. The van der Waals surface area contributed by atoms with E-state index in [9.17, 15) is 18.0 Å². The summed E-state index contributed by atoms with van der Waals surface area (Å²) in [5.74, 6) is -1.57. The lowest BCUT2D eigenvalue weighted by atomic mass is 10.2. The van der Waals surface area contributed by atoms with Crippen LogP contribution in [0.15, 0.2) is 30.6 Å². The molecule has 2 heterocycles. The van der Waals surface area contributed by atoms with Gasteiger partial charge in [0.25, 0.3) is 0 Å². The number of nitrogens with two attached hydrogens (primary N) is 1. The van der Waals surface area contributed by atoms with Crippen LogP contribution in [0.5, 0.6) is 0 Å². The van der Waals surface area contributed by atoms with Gasteiger partial charge in [-0.3, -0.25) is 4.79 Å². The second-order valence-corrected chi connectivity index (χ2v) is 5.61. The van der Waals surface area contributed by atoms with E-state index in [2.05, 4.69) is 9.97 Å². The molecule has 0 spiro atoms. The number of alkyl halides is 3. The molecule has 0 fully saturated rings. The summed E-state index contributed by atoms with van der Waals surface area (Å²) in [5.41, 5.74) is 8.15. The third-order valence-electron chi connectivity index (χ3n) is 3.85. The van der Waals surface area contributed by atoms with Crippen LogP contribution in [0, 0.1) is 0 Å². The standard InChI is InChI=1S/C16H16F3N5O/c17-16(18,19)15(25)21-7-3-4-8-24-9-22-12-13(24)10-5-1-2-6-11(10)23-14(12)20/h1-2,5-6,9H,3-4,7-8H2,(H2,20,23)(H,21,25). The Balaban J connectivity index is 1.70. The number of carbonyl (C=O) groups is 1. The highest BCUT2D eigenvalue weighted by Crippen LogP contribution is 2.27. The molecule has 1 aromatic carbocycles. The Kier molecular flexibility index (Phi) is 4.47. The summed E-state index contributed by atoms with van der Waals surface area (Å²) < 4.78 is 38.2. The summed E-state index contributed by atoms with van der Waals surface area (Å²) in [4.78, 5) is 19.3. The van der Waals surface area contributed by atoms with E-state index >= 15 is 0 Å². The largest absolute Gasteiger partial charge is 0.471 e. The highest BCUT2D eigenvalue weighted by molar-refractivity contribution is 6.06. The molecule has 0 radical (unpaired) electrons. The number of hydrogen-bond acceptors (Lipinski definition) is 4. The molecule has 0 atom stereocenters. The number of aryl methyl sites for hydroxylation is 1. The zero-order valence-electron chi connectivity index (χ0n) is 13.2. The summed E-state index contributed by atoms with van der Waals surface area (Å²) in [7, 11) is 0. The average molecular weight is 351 g/mol. The molecule has 0 bridgehead atoms. The minimum atomic E-state index is -4.84. The minimum absolute atomic E-state index is 0.0323. The number of para-hydroxylation sites is 1. The van der Waals surface area contributed by atoms with Crippen LogP contribution in [-0.4, -0.2) is 33.2 Å². The van der Waals surface area contributed by atoms with Gasteiger partial charge < -0.3 is 15.6 Å². The van der Waals surface area contributed by atoms with Crippen molar-refractivity contribution in [2.24, 2.45) is 0 Å². The number of pyridine rings is 1. The first kappa shape index (κ1) is 17.0. The summed E-state index contributed by atoms with van der Waals surface area (Å²) in [6.45, 7) is 0.515. The molecule has 1 amide bonds. The highest BCUT2D eigenvalue weighted by atomic mass is 19.4. The maximum absolute atomic E-state index is 12.1. The van der Waals surface area contributed by atoms with E-state index in [-0.39, 0.29) is 6.54 Å². The Hall–Kier alpha value is -2.84. The number of carbonyl (C=O) groups excluding carboxylic acids is 1. The van der Waals surface area contributed by atoms with Crippen LogP contribution in [0.2, 0.25) is 0 Å². The predicted octanol–water partition coefficient (Wildman–Crippen LogP) is 2.63. The van der Waals surface area contributed by atoms with E-state index in [1.807, 2.05) is 34.1 Å². The lowest BCUT2D eigenvalue weighted by Gasteiger charge is -2.09. The number of fused-ring (bicyclic) bond motifs is 3. The Bertz CT molecular complexity index is 919. The van der Waals surface area contributed by atoms with Gasteiger partial charge in [0.2, 0.25) is 0 Å². The monoisotopic (exact) mass is 351 g/mol. The number of benzene rings is 1. The van der Waals surface area contributed by atoms with Gasteiger partial charge in [0.05, 0.1) is 17.4 Å².